The van der Waals surface area contributed by atoms with Crippen LogP contribution < -0.4 is 9.47 Å². The van der Waals surface area contributed by atoms with Crippen molar-refractivity contribution in [2.24, 2.45) is 0 Å². The van der Waals surface area contributed by atoms with Gasteiger partial charge in [0, 0.05) is 38.8 Å². The van der Waals surface area contributed by atoms with Gasteiger partial charge in [0.25, 0.3) is 0 Å². The van der Waals surface area contributed by atoms with Crippen molar-refractivity contribution in [1.82, 2.24) is 9.21 Å². The highest BCUT2D eigenvalue weighted by Crippen LogP contribution is 2.31. The molecule has 2 aromatic carbocycles. The molecule has 3 rings (SSSR count). The highest BCUT2D eigenvalue weighted by atomic mass is 32.2. The maximum absolute atomic E-state index is 13.1. The summed E-state index contributed by atoms with van der Waals surface area (Å²) in [7, 11) is -0.650. The summed E-state index contributed by atoms with van der Waals surface area (Å²) in [5.41, 5.74) is 2.49. The van der Waals surface area contributed by atoms with Gasteiger partial charge >= 0.3 is 0 Å². The van der Waals surface area contributed by atoms with E-state index >= 15 is 0 Å². The molecule has 0 atom stereocenters. The molecule has 0 aliphatic carbocycles. The van der Waals surface area contributed by atoms with Crippen molar-refractivity contribution in [3.8, 4) is 11.5 Å². The molecule has 1 aliphatic rings. The molecular weight excluding hydrogens is 364 g/mol. The van der Waals surface area contributed by atoms with Gasteiger partial charge in [0.1, 0.15) is 16.4 Å². The van der Waals surface area contributed by atoms with Gasteiger partial charge in [-0.15, -0.1) is 0 Å². The molecule has 1 aliphatic heterocycles. The Balaban J connectivity index is 1.71. The van der Waals surface area contributed by atoms with Crippen LogP contribution in [0.5, 0.6) is 11.5 Å². The minimum atomic E-state index is -3.64. The van der Waals surface area contributed by atoms with E-state index in [2.05, 4.69) is 36.1 Å². The molecule has 1 saturated heterocycles. The molecule has 146 valence electrons. The van der Waals surface area contributed by atoms with Gasteiger partial charge in [0.2, 0.25) is 10.0 Å². The van der Waals surface area contributed by atoms with Crippen LogP contribution in [-0.4, -0.2) is 58.0 Å². The van der Waals surface area contributed by atoms with Gasteiger partial charge in [-0.25, -0.2) is 8.42 Å². The molecule has 0 aromatic heterocycles. The SMILES string of the molecule is COc1ccc(OC)c(S(=O)(=O)N2CCN(Cc3cccc(C)c3)CC2)c1. The minimum Gasteiger partial charge on any atom is -0.497 e. The van der Waals surface area contributed by atoms with Gasteiger partial charge in [-0.2, -0.15) is 4.31 Å². The highest BCUT2D eigenvalue weighted by molar-refractivity contribution is 7.89. The Bertz CT molecular complexity index is 891. The average Bonchev–Trinajstić information content (AvgIpc) is 2.68. The van der Waals surface area contributed by atoms with E-state index in [4.69, 9.17) is 9.47 Å². The molecule has 0 amide bonds. The van der Waals surface area contributed by atoms with Crippen LogP contribution in [0.4, 0.5) is 0 Å². The van der Waals surface area contributed by atoms with Gasteiger partial charge in [0.15, 0.2) is 0 Å². The number of nitrogens with zero attached hydrogens (tertiary/aromatic N) is 2. The maximum atomic E-state index is 13.1. The molecule has 0 radical (unpaired) electrons. The Hall–Kier alpha value is -2.09. The number of sulfonamides is 1. The molecule has 6 nitrogen and oxygen atoms in total. The number of rotatable bonds is 6. The second-order valence-corrected chi connectivity index (χ2v) is 8.59. The number of methoxy groups -OCH3 is 2. The normalized spacial score (nSPS) is 16.3. The molecule has 7 heteroatoms. The molecule has 0 bridgehead atoms. The molecule has 1 fully saturated rings. The van der Waals surface area contributed by atoms with Crippen molar-refractivity contribution in [2.45, 2.75) is 18.4 Å². The Morgan fingerprint density at radius 3 is 2.33 bits per heavy atom. The molecular formula is C20H26N2O4S. The number of benzene rings is 2. The van der Waals surface area contributed by atoms with E-state index in [1.165, 1.54) is 35.7 Å². The minimum absolute atomic E-state index is 0.150. The van der Waals surface area contributed by atoms with Crippen LogP contribution in [0, 0.1) is 6.92 Å². The lowest BCUT2D eigenvalue weighted by atomic mass is 10.1. The molecule has 27 heavy (non-hydrogen) atoms. The fourth-order valence-corrected chi connectivity index (χ4v) is 4.91. The monoisotopic (exact) mass is 390 g/mol. The van der Waals surface area contributed by atoms with Crippen LogP contribution in [0.25, 0.3) is 0 Å². The van der Waals surface area contributed by atoms with E-state index in [-0.39, 0.29) is 4.90 Å². The summed E-state index contributed by atoms with van der Waals surface area (Å²) < 4.78 is 38.2. The summed E-state index contributed by atoms with van der Waals surface area (Å²) >= 11 is 0. The van der Waals surface area contributed by atoms with Crippen molar-refractivity contribution in [2.75, 3.05) is 40.4 Å². The van der Waals surface area contributed by atoms with E-state index in [9.17, 15) is 8.42 Å². The number of aryl methyl sites for hydroxylation is 1. The van der Waals surface area contributed by atoms with Crippen molar-refractivity contribution < 1.29 is 17.9 Å². The van der Waals surface area contributed by atoms with E-state index in [0.29, 0.717) is 37.7 Å². The van der Waals surface area contributed by atoms with E-state index in [0.717, 1.165) is 6.54 Å². The zero-order valence-electron chi connectivity index (χ0n) is 16.0. The number of ether oxygens (including phenoxy) is 2. The predicted octanol–water partition coefficient (Wildman–Crippen LogP) is 2.52. The molecule has 0 unspecified atom stereocenters. The standard InChI is InChI=1S/C20H26N2O4S/c1-16-5-4-6-17(13-16)15-21-9-11-22(12-10-21)27(23,24)20-14-18(25-2)7-8-19(20)26-3/h4-8,13-14H,9-12,15H2,1-3H3. The van der Waals surface area contributed by atoms with Crippen LogP contribution in [0.3, 0.4) is 0 Å². The summed E-state index contributed by atoms with van der Waals surface area (Å²) in [6.45, 7) is 5.20. The van der Waals surface area contributed by atoms with Gasteiger partial charge in [-0.3, -0.25) is 4.90 Å². The third kappa shape index (κ3) is 4.43. The largest absolute Gasteiger partial charge is 0.497 e. The number of piperazine rings is 1. The lowest BCUT2D eigenvalue weighted by molar-refractivity contribution is 0.181. The van der Waals surface area contributed by atoms with Crippen molar-refractivity contribution in [3.63, 3.8) is 0 Å². The maximum Gasteiger partial charge on any atom is 0.246 e. The Morgan fingerprint density at radius 1 is 0.963 bits per heavy atom. The third-order valence-corrected chi connectivity index (χ3v) is 6.73. The first-order valence-electron chi connectivity index (χ1n) is 8.94. The van der Waals surface area contributed by atoms with Gasteiger partial charge in [0.05, 0.1) is 14.2 Å². The average molecular weight is 391 g/mol. The molecule has 0 spiro atoms. The van der Waals surface area contributed by atoms with Crippen LogP contribution in [0.2, 0.25) is 0 Å². The lowest BCUT2D eigenvalue weighted by Crippen LogP contribution is -2.48. The van der Waals surface area contributed by atoms with E-state index in [1.54, 1.807) is 12.1 Å². The molecule has 2 aromatic rings. The van der Waals surface area contributed by atoms with Crippen LogP contribution in [-0.2, 0) is 16.6 Å². The summed E-state index contributed by atoms with van der Waals surface area (Å²) in [4.78, 5) is 2.43. The molecule has 0 N–H and O–H groups in total. The van der Waals surface area contributed by atoms with Crippen LogP contribution >= 0.6 is 0 Å². The molecule has 1 heterocycles. The predicted molar refractivity (Wildman–Crippen MR) is 105 cm³/mol. The third-order valence-electron chi connectivity index (χ3n) is 4.81. The second-order valence-electron chi connectivity index (χ2n) is 6.69. The number of hydrogen-bond donors (Lipinski definition) is 0. The highest BCUT2D eigenvalue weighted by Gasteiger charge is 2.31. The van der Waals surface area contributed by atoms with Crippen molar-refractivity contribution in [1.29, 1.82) is 0 Å². The summed E-state index contributed by atoms with van der Waals surface area (Å²) in [6, 6.07) is 13.3. The quantitative estimate of drug-likeness (QED) is 0.759. The van der Waals surface area contributed by atoms with E-state index in [1.807, 2.05) is 0 Å². The summed E-state index contributed by atoms with van der Waals surface area (Å²) in [6.07, 6.45) is 0. The number of hydrogen-bond acceptors (Lipinski definition) is 5. The first-order valence-corrected chi connectivity index (χ1v) is 10.4. The summed E-state index contributed by atoms with van der Waals surface area (Å²) in [5, 5.41) is 0. The van der Waals surface area contributed by atoms with Gasteiger partial charge in [-0.05, 0) is 24.6 Å². The fraction of sp³-hybridized carbons (Fsp3) is 0.400. The van der Waals surface area contributed by atoms with Crippen LogP contribution in [0.1, 0.15) is 11.1 Å². The van der Waals surface area contributed by atoms with Gasteiger partial charge in [-0.1, -0.05) is 29.8 Å². The summed E-state index contributed by atoms with van der Waals surface area (Å²) in [5.74, 6) is 0.824. The molecule has 0 saturated carbocycles. The van der Waals surface area contributed by atoms with Crippen molar-refractivity contribution >= 4 is 10.0 Å². The zero-order chi connectivity index (χ0) is 19.4. The first-order chi connectivity index (χ1) is 12.9. The first kappa shape index (κ1) is 19.7. The fourth-order valence-electron chi connectivity index (χ4n) is 3.32. The van der Waals surface area contributed by atoms with E-state index < -0.39 is 10.0 Å². The zero-order valence-corrected chi connectivity index (χ0v) is 16.8. The second kappa shape index (κ2) is 8.29. The lowest BCUT2D eigenvalue weighted by Gasteiger charge is -2.34. The Morgan fingerprint density at radius 2 is 1.70 bits per heavy atom. The van der Waals surface area contributed by atoms with Crippen molar-refractivity contribution in [3.05, 3.63) is 53.6 Å². The Labute approximate surface area is 161 Å². The van der Waals surface area contributed by atoms with Gasteiger partial charge < -0.3 is 9.47 Å². The smallest absolute Gasteiger partial charge is 0.246 e. The topological polar surface area (TPSA) is 59.1 Å². The Kier molecular flexibility index (Phi) is 6.04. The van der Waals surface area contributed by atoms with Crippen LogP contribution in [0.15, 0.2) is 47.4 Å².